The number of rotatable bonds is 8. The van der Waals surface area contributed by atoms with Crippen LogP contribution in [0.25, 0.3) is 88.9 Å². The zero-order valence-electron chi connectivity index (χ0n) is 37.5. The molecule has 0 fully saturated rings. The molecule has 3 aliphatic rings. The monoisotopic (exact) mass is 874 g/mol. The van der Waals surface area contributed by atoms with Gasteiger partial charge in [-0.2, -0.15) is 0 Å². The lowest BCUT2D eigenvalue weighted by atomic mass is 9.81. The van der Waals surface area contributed by atoms with Crippen LogP contribution in [0, 0.1) is 0 Å². The lowest BCUT2D eigenvalue weighted by Gasteiger charge is -2.25. The van der Waals surface area contributed by atoms with Crippen molar-refractivity contribution in [1.29, 1.82) is 0 Å². The second-order valence-corrected chi connectivity index (χ2v) is 18.1. The molecular weight excluding hydrogens is 829 g/mol. The number of allylic oxidation sites excluding steroid dienone is 12. The smallest absolute Gasteiger partial charge is 0.164 e. The van der Waals surface area contributed by atoms with Crippen molar-refractivity contribution in [3.8, 4) is 39.6 Å². The van der Waals surface area contributed by atoms with Gasteiger partial charge in [-0.25, -0.2) is 15.0 Å². The van der Waals surface area contributed by atoms with Crippen LogP contribution in [0.3, 0.4) is 0 Å². The van der Waals surface area contributed by atoms with Gasteiger partial charge in [-0.1, -0.05) is 176 Å². The van der Waals surface area contributed by atoms with Gasteiger partial charge in [-0.3, -0.25) is 0 Å². The standard InChI is InChI=1S/C63H46N4O/c1-6-20-41(21-7-1)46-36-47(42-22-8-2-9-23-42)38-48(37-46)62-64-61(45-28-14-5-15-29-45)65-63(66-62)49-39-53(43-24-10-3-11-25-43)59(54(40-49)44-26-12-4-13-27-44)67-55-32-18-16-31-52(55)58-56(67)35-34-51-50-30-17-19-33-57(50)68-60(51)58/h1-8,10-22,24-26,28-35,37-40,44,46H,9,23,27,36H2/t44?,46-/m0/s1. The van der Waals surface area contributed by atoms with Crippen LogP contribution in [0.2, 0.25) is 0 Å². The van der Waals surface area contributed by atoms with Crippen molar-refractivity contribution in [1.82, 2.24) is 19.5 Å². The highest BCUT2D eigenvalue weighted by Gasteiger charge is 2.28. The van der Waals surface area contributed by atoms with Crippen LogP contribution in [-0.4, -0.2) is 19.5 Å². The Kier molecular flexibility index (Phi) is 9.85. The van der Waals surface area contributed by atoms with Crippen LogP contribution in [0.4, 0.5) is 0 Å². The zero-order valence-corrected chi connectivity index (χ0v) is 37.5. The van der Waals surface area contributed by atoms with Gasteiger partial charge >= 0.3 is 0 Å². The van der Waals surface area contributed by atoms with E-state index in [0.717, 1.165) is 103 Å². The van der Waals surface area contributed by atoms with Gasteiger partial charge in [0.1, 0.15) is 11.2 Å². The summed E-state index contributed by atoms with van der Waals surface area (Å²) < 4.78 is 9.26. The molecule has 5 nitrogen and oxygen atoms in total. The number of benzene rings is 7. The molecule has 1 unspecified atom stereocenters. The Morgan fingerprint density at radius 2 is 1.26 bits per heavy atom. The molecule has 68 heavy (non-hydrogen) atoms. The third-order valence-electron chi connectivity index (χ3n) is 14.0. The van der Waals surface area contributed by atoms with E-state index in [0.29, 0.717) is 17.5 Å². The van der Waals surface area contributed by atoms with Crippen LogP contribution in [0.15, 0.2) is 234 Å². The summed E-state index contributed by atoms with van der Waals surface area (Å²) in [5, 5.41) is 4.50. The average Bonchev–Trinajstić information content (AvgIpc) is 3.97. The molecule has 0 amide bonds. The van der Waals surface area contributed by atoms with Gasteiger partial charge in [0.25, 0.3) is 0 Å². The molecule has 7 aromatic carbocycles. The van der Waals surface area contributed by atoms with Gasteiger partial charge in [0.05, 0.1) is 22.1 Å². The van der Waals surface area contributed by atoms with E-state index in [1.165, 1.54) is 22.3 Å². The Balaban J connectivity index is 1.08. The molecule has 3 heterocycles. The summed E-state index contributed by atoms with van der Waals surface area (Å²) in [6.07, 6.45) is 24.3. The van der Waals surface area contributed by atoms with Gasteiger partial charge in [0.2, 0.25) is 0 Å². The topological polar surface area (TPSA) is 56.7 Å². The summed E-state index contributed by atoms with van der Waals surface area (Å²) >= 11 is 0. The van der Waals surface area contributed by atoms with Crippen LogP contribution in [0.1, 0.15) is 54.5 Å². The molecule has 0 saturated heterocycles. The Morgan fingerprint density at radius 3 is 2.04 bits per heavy atom. The fraction of sp³-hybridized carbons (Fsp3) is 0.0952. The summed E-state index contributed by atoms with van der Waals surface area (Å²) in [5.74, 6) is 2.20. The van der Waals surface area contributed by atoms with Crippen LogP contribution < -0.4 is 0 Å². The van der Waals surface area contributed by atoms with Gasteiger partial charge in [0, 0.05) is 50.3 Å². The zero-order chi connectivity index (χ0) is 45.0. The largest absolute Gasteiger partial charge is 0.455 e. The molecule has 5 heteroatoms. The second kappa shape index (κ2) is 16.8. The Labute approximate surface area is 395 Å². The molecule has 0 N–H and O–H groups in total. The summed E-state index contributed by atoms with van der Waals surface area (Å²) in [4.78, 5) is 16.2. The molecule has 10 aromatic rings. The van der Waals surface area contributed by atoms with E-state index in [9.17, 15) is 0 Å². The number of furan rings is 1. The fourth-order valence-corrected chi connectivity index (χ4v) is 10.7. The SMILES string of the molecule is C1=CCCC(C2=CC(c3nc(-c4ccccc4)nc(-c4cc(-c5ccccc5)c(-n5c6ccccc6c6c7oc8ccccc8c7ccc65)c(C5C=CC=CC5)c4)n3)=C[C@@H](c3ccccc3)C2)=C1. The normalized spacial score (nSPS) is 17.0. The Hall–Kier alpha value is -8.41. The van der Waals surface area contributed by atoms with E-state index in [-0.39, 0.29) is 11.8 Å². The molecule has 3 aliphatic carbocycles. The van der Waals surface area contributed by atoms with Crippen molar-refractivity contribution in [3.63, 3.8) is 0 Å². The van der Waals surface area contributed by atoms with Gasteiger partial charge in [0.15, 0.2) is 17.5 Å². The Bertz CT molecular complexity index is 3790. The third kappa shape index (κ3) is 6.98. The lowest BCUT2D eigenvalue weighted by molar-refractivity contribution is 0.673. The van der Waals surface area contributed by atoms with Gasteiger partial charge in [-0.05, 0) is 96.0 Å². The van der Waals surface area contributed by atoms with E-state index in [1.807, 2.05) is 12.1 Å². The second-order valence-electron chi connectivity index (χ2n) is 18.1. The lowest BCUT2D eigenvalue weighted by Crippen LogP contribution is -2.10. The first-order chi connectivity index (χ1) is 33.7. The fourth-order valence-electron chi connectivity index (χ4n) is 10.7. The summed E-state index contributed by atoms with van der Waals surface area (Å²) in [7, 11) is 0. The van der Waals surface area contributed by atoms with Crippen LogP contribution in [0.5, 0.6) is 0 Å². The molecule has 324 valence electrons. The van der Waals surface area contributed by atoms with Crippen molar-refractivity contribution >= 4 is 49.3 Å². The number of nitrogens with zero attached hydrogens (tertiary/aromatic N) is 4. The number of fused-ring (bicyclic) bond motifs is 7. The highest BCUT2D eigenvalue weighted by molar-refractivity contribution is 6.24. The quantitative estimate of drug-likeness (QED) is 0.153. The van der Waals surface area contributed by atoms with Crippen molar-refractivity contribution in [2.24, 2.45) is 0 Å². The number of aromatic nitrogens is 4. The summed E-state index contributed by atoms with van der Waals surface area (Å²) in [6, 6.07) is 58.3. The first-order valence-corrected chi connectivity index (χ1v) is 23.8. The van der Waals surface area contributed by atoms with E-state index in [2.05, 4.69) is 211 Å². The van der Waals surface area contributed by atoms with E-state index in [1.54, 1.807) is 0 Å². The first-order valence-electron chi connectivity index (χ1n) is 23.8. The van der Waals surface area contributed by atoms with Crippen molar-refractivity contribution in [3.05, 3.63) is 247 Å². The predicted molar refractivity (Wildman–Crippen MR) is 280 cm³/mol. The molecule has 0 bridgehead atoms. The minimum atomic E-state index is 0.0782. The average molecular weight is 875 g/mol. The third-order valence-corrected chi connectivity index (χ3v) is 14.0. The minimum absolute atomic E-state index is 0.0782. The molecule has 0 aliphatic heterocycles. The molecule has 3 aromatic heterocycles. The van der Waals surface area contributed by atoms with E-state index in [4.69, 9.17) is 19.4 Å². The van der Waals surface area contributed by atoms with Crippen LogP contribution in [-0.2, 0) is 0 Å². The Morgan fingerprint density at radius 1 is 0.544 bits per heavy atom. The molecule has 0 radical (unpaired) electrons. The van der Waals surface area contributed by atoms with Crippen molar-refractivity contribution in [2.45, 2.75) is 37.5 Å². The minimum Gasteiger partial charge on any atom is -0.455 e. The van der Waals surface area contributed by atoms with Gasteiger partial charge < -0.3 is 8.98 Å². The number of para-hydroxylation sites is 2. The van der Waals surface area contributed by atoms with Crippen molar-refractivity contribution < 1.29 is 4.42 Å². The number of hydrogen-bond acceptors (Lipinski definition) is 4. The van der Waals surface area contributed by atoms with Gasteiger partial charge in [-0.15, -0.1) is 0 Å². The molecular formula is C63H46N4O. The molecule has 0 saturated carbocycles. The summed E-state index contributed by atoms with van der Waals surface area (Å²) in [6.45, 7) is 0. The maximum Gasteiger partial charge on any atom is 0.164 e. The van der Waals surface area contributed by atoms with Crippen LogP contribution >= 0.6 is 0 Å². The summed E-state index contributed by atoms with van der Waals surface area (Å²) in [5.41, 5.74) is 15.4. The number of hydrogen-bond donors (Lipinski definition) is 0. The predicted octanol–water partition coefficient (Wildman–Crippen LogP) is 16.2. The molecule has 2 atom stereocenters. The maximum absolute atomic E-state index is 6.77. The first kappa shape index (κ1) is 39.9. The molecule has 0 spiro atoms. The molecule has 13 rings (SSSR count). The highest BCUT2D eigenvalue weighted by atomic mass is 16.3. The van der Waals surface area contributed by atoms with Crippen molar-refractivity contribution in [2.75, 3.05) is 0 Å². The highest BCUT2D eigenvalue weighted by Crippen LogP contribution is 2.47. The van der Waals surface area contributed by atoms with E-state index < -0.39 is 0 Å². The maximum atomic E-state index is 6.77. The van der Waals surface area contributed by atoms with E-state index >= 15 is 0 Å².